The maximum Gasteiger partial charge on any atom is 0.433 e. The van der Waals surface area contributed by atoms with Gasteiger partial charge in [0.05, 0.1) is 6.10 Å². The maximum atomic E-state index is 11.8. The van der Waals surface area contributed by atoms with Gasteiger partial charge >= 0.3 is 6.18 Å². The van der Waals surface area contributed by atoms with Gasteiger partial charge in [0, 0.05) is 12.6 Å². The molecule has 0 unspecified atom stereocenters. The van der Waals surface area contributed by atoms with Crippen molar-refractivity contribution in [3.8, 4) is 0 Å². The fourth-order valence-corrected chi connectivity index (χ4v) is 1.71. The first-order chi connectivity index (χ1) is 9.79. The lowest BCUT2D eigenvalue weighted by Gasteiger charge is -2.23. The summed E-state index contributed by atoms with van der Waals surface area (Å²) in [6.45, 7) is 6.92. The van der Waals surface area contributed by atoms with Crippen LogP contribution in [0.3, 0.4) is 0 Å². The molecule has 0 radical (unpaired) electrons. The highest BCUT2D eigenvalue weighted by Gasteiger charge is 2.32. The zero-order valence-corrected chi connectivity index (χ0v) is 13.2. The lowest BCUT2D eigenvalue weighted by molar-refractivity contribution is -0.141. The minimum Gasteiger partial charge on any atom is -0.392 e. The smallest absolute Gasteiger partial charge is 0.392 e. The molecule has 2 atom stereocenters. The molecule has 2 N–H and O–H groups in total. The SMILES string of the molecule is CC.C[C@@H]1CC[C@H](O)CN1.FC(F)(F)c1cccc(Cl)n1. The van der Waals surface area contributed by atoms with E-state index in [-0.39, 0.29) is 11.3 Å². The first-order valence-corrected chi connectivity index (χ1v) is 7.28. The van der Waals surface area contributed by atoms with Crippen LogP contribution >= 0.6 is 11.6 Å². The third-order valence-electron chi connectivity index (χ3n) is 2.64. The predicted molar refractivity (Wildman–Crippen MR) is 78.3 cm³/mol. The van der Waals surface area contributed by atoms with Crippen molar-refractivity contribution in [1.82, 2.24) is 10.3 Å². The molecule has 1 aromatic heterocycles. The number of nitrogens with zero attached hydrogens (tertiary/aromatic N) is 1. The molecule has 0 amide bonds. The average Bonchev–Trinajstić information content (AvgIpc) is 2.44. The highest BCUT2D eigenvalue weighted by molar-refractivity contribution is 6.29. The molecule has 122 valence electrons. The zero-order chi connectivity index (χ0) is 16.5. The molecule has 1 aromatic rings. The number of hydrogen-bond acceptors (Lipinski definition) is 3. The van der Waals surface area contributed by atoms with Crippen LogP contribution in [0.2, 0.25) is 5.15 Å². The molecule has 0 aliphatic carbocycles. The topological polar surface area (TPSA) is 45.1 Å². The fraction of sp³-hybridized carbons (Fsp3) is 0.643. The molecule has 2 rings (SSSR count). The van der Waals surface area contributed by atoms with Gasteiger partial charge in [-0.1, -0.05) is 31.5 Å². The Morgan fingerprint density at radius 3 is 2.24 bits per heavy atom. The number of aliphatic hydroxyl groups is 1. The molecule has 3 nitrogen and oxygen atoms in total. The summed E-state index contributed by atoms with van der Waals surface area (Å²) >= 11 is 5.24. The van der Waals surface area contributed by atoms with Crippen molar-refractivity contribution in [2.45, 2.75) is 51.9 Å². The van der Waals surface area contributed by atoms with Crippen molar-refractivity contribution in [2.75, 3.05) is 6.54 Å². The van der Waals surface area contributed by atoms with E-state index in [1.165, 1.54) is 12.1 Å². The second kappa shape index (κ2) is 9.97. The van der Waals surface area contributed by atoms with E-state index in [0.717, 1.165) is 25.5 Å². The fourth-order valence-electron chi connectivity index (χ4n) is 1.55. The standard InChI is InChI=1S/C6H3ClF3N.C6H13NO.C2H6/c7-5-3-1-2-4(11-5)6(8,9)10;1-5-2-3-6(8)4-7-5;1-2/h1-3H;5-8H,2-4H2,1H3;1-2H3/t;5-,6+;/m.1./s1. The number of rotatable bonds is 0. The number of nitrogens with one attached hydrogen (secondary N) is 1. The summed E-state index contributed by atoms with van der Waals surface area (Å²) in [6.07, 6.45) is -2.42. The Labute approximate surface area is 128 Å². The third kappa shape index (κ3) is 8.90. The molecular weight excluding hydrogens is 305 g/mol. The minimum atomic E-state index is -4.41. The summed E-state index contributed by atoms with van der Waals surface area (Å²) in [6, 6.07) is 3.97. The van der Waals surface area contributed by atoms with Crippen LogP contribution < -0.4 is 5.32 Å². The van der Waals surface area contributed by atoms with E-state index < -0.39 is 11.9 Å². The van der Waals surface area contributed by atoms with Crippen molar-refractivity contribution in [3.05, 3.63) is 29.0 Å². The first-order valence-electron chi connectivity index (χ1n) is 6.90. The van der Waals surface area contributed by atoms with Gasteiger partial charge < -0.3 is 10.4 Å². The number of pyridine rings is 1. The Kier molecular flexibility index (Phi) is 9.57. The Balaban J connectivity index is 0.000000354. The van der Waals surface area contributed by atoms with Gasteiger partial charge in [-0.2, -0.15) is 13.2 Å². The van der Waals surface area contributed by atoms with Gasteiger partial charge in [-0.25, -0.2) is 4.98 Å². The van der Waals surface area contributed by atoms with Crippen molar-refractivity contribution < 1.29 is 18.3 Å². The van der Waals surface area contributed by atoms with Gasteiger partial charge in [-0.15, -0.1) is 0 Å². The van der Waals surface area contributed by atoms with Gasteiger partial charge in [-0.05, 0) is 31.9 Å². The Bertz CT molecular complexity index is 384. The van der Waals surface area contributed by atoms with Gasteiger partial charge in [-0.3, -0.25) is 0 Å². The Morgan fingerprint density at radius 2 is 1.90 bits per heavy atom. The molecule has 1 fully saturated rings. The lowest BCUT2D eigenvalue weighted by atomic mass is 10.0. The summed E-state index contributed by atoms with van der Waals surface area (Å²) in [5, 5.41) is 12.0. The second-order valence-electron chi connectivity index (χ2n) is 4.38. The number of aromatic nitrogens is 1. The van der Waals surface area contributed by atoms with Crippen LogP contribution in [0.1, 0.15) is 39.3 Å². The molecule has 1 aliphatic heterocycles. The van der Waals surface area contributed by atoms with Crippen LogP contribution in [-0.4, -0.2) is 28.8 Å². The number of aliphatic hydroxyl groups excluding tert-OH is 1. The monoisotopic (exact) mass is 326 g/mol. The van der Waals surface area contributed by atoms with Gasteiger partial charge in [0.15, 0.2) is 0 Å². The molecule has 1 aliphatic rings. The molecule has 0 spiro atoms. The Morgan fingerprint density at radius 1 is 1.29 bits per heavy atom. The van der Waals surface area contributed by atoms with Crippen molar-refractivity contribution in [3.63, 3.8) is 0 Å². The predicted octanol–water partition coefficient (Wildman–Crippen LogP) is 3.90. The van der Waals surface area contributed by atoms with E-state index in [0.29, 0.717) is 6.04 Å². The molecule has 0 aromatic carbocycles. The Hall–Kier alpha value is -0.850. The molecule has 0 bridgehead atoms. The summed E-state index contributed by atoms with van der Waals surface area (Å²) in [4.78, 5) is 3.08. The molecule has 7 heteroatoms. The minimum absolute atomic E-state index is 0.0915. The normalized spacial score (nSPS) is 21.5. The van der Waals surface area contributed by atoms with Crippen molar-refractivity contribution >= 4 is 11.6 Å². The molecule has 0 saturated carbocycles. The molecule has 2 heterocycles. The number of hydrogen-bond donors (Lipinski definition) is 2. The van der Waals surface area contributed by atoms with Gasteiger partial charge in [0.2, 0.25) is 0 Å². The van der Waals surface area contributed by atoms with Gasteiger partial charge in [0.1, 0.15) is 10.8 Å². The van der Waals surface area contributed by atoms with Crippen LogP contribution in [0.4, 0.5) is 13.2 Å². The number of alkyl halides is 3. The van der Waals surface area contributed by atoms with Crippen LogP contribution in [0.15, 0.2) is 18.2 Å². The van der Waals surface area contributed by atoms with E-state index in [1.54, 1.807) is 0 Å². The van der Waals surface area contributed by atoms with Gasteiger partial charge in [0.25, 0.3) is 0 Å². The summed E-state index contributed by atoms with van der Waals surface area (Å²) in [7, 11) is 0. The largest absolute Gasteiger partial charge is 0.433 e. The number of β-amino-alcohol motifs (C(OH)–C–C–N with tert-alkyl or cyclic N) is 1. The number of halogens is 4. The first kappa shape index (κ1) is 20.1. The quantitative estimate of drug-likeness (QED) is 0.711. The highest BCUT2D eigenvalue weighted by Crippen LogP contribution is 2.27. The van der Waals surface area contributed by atoms with Crippen LogP contribution in [0, 0.1) is 0 Å². The van der Waals surface area contributed by atoms with Crippen molar-refractivity contribution in [1.29, 1.82) is 0 Å². The van der Waals surface area contributed by atoms with E-state index >= 15 is 0 Å². The maximum absolute atomic E-state index is 11.8. The zero-order valence-electron chi connectivity index (χ0n) is 12.4. The van der Waals surface area contributed by atoms with E-state index in [1.807, 2.05) is 13.8 Å². The van der Waals surface area contributed by atoms with Crippen molar-refractivity contribution in [2.24, 2.45) is 0 Å². The summed E-state index contributed by atoms with van der Waals surface area (Å²) in [5.74, 6) is 0. The second-order valence-corrected chi connectivity index (χ2v) is 4.77. The number of piperidine rings is 1. The summed E-state index contributed by atoms with van der Waals surface area (Å²) < 4.78 is 35.5. The molecule has 21 heavy (non-hydrogen) atoms. The van der Waals surface area contributed by atoms with Crippen LogP contribution in [0.25, 0.3) is 0 Å². The van der Waals surface area contributed by atoms with E-state index in [4.69, 9.17) is 16.7 Å². The highest BCUT2D eigenvalue weighted by atomic mass is 35.5. The van der Waals surface area contributed by atoms with E-state index in [9.17, 15) is 13.2 Å². The summed E-state index contributed by atoms with van der Waals surface area (Å²) in [5.41, 5.74) is -0.968. The van der Waals surface area contributed by atoms with E-state index in [2.05, 4.69) is 17.2 Å². The average molecular weight is 327 g/mol. The molecule has 1 saturated heterocycles. The molecular formula is C14H22ClF3N2O. The third-order valence-corrected chi connectivity index (χ3v) is 2.85. The van der Waals surface area contributed by atoms with Crippen LogP contribution in [-0.2, 0) is 6.18 Å². The lowest BCUT2D eigenvalue weighted by Crippen LogP contribution is -2.39. The van der Waals surface area contributed by atoms with Crippen LogP contribution in [0.5, 0.6) is 0 Å².